The van der Waals surface area contributed by atoms with Gasteiger partial charge in [-0.05, 0) is 6.07 Å². The fraction of sp³-hybridized carbons (Fsp3) is 0.250. The smallest absolute Gasteiger partial charge is 0.167 e. The summed E-state index contributed by atoms with van der Waals surface area (Å²) in [5.41, 5.74) is 8.20. The van der Waals surface area contributed by atoms with Gasteiger partial charge in [0.25, 0.3) is 0 Å². The fourth-order valence-electron chi connectivity index (χ4n) is 2.52. The number of benzene rings is 2. The van der Waals surface area contributed by atoms with Crippen LogP contribution in [-0.2, 0) is 6.54 Å². The van der Waals surface area contributed by atoms with Crippen LogP contribution in [0.2, 0.25) is 0 Å². The molecular formula is C16H17FN2O2. The second-order valence-corrected chi connectivity index (χ2v) is 4.92. The third-order valence-corrected chi connectivity index (χ3v) is 3.59. The van der Waals surface area contributed by atoms with Crippen LogP contribution in [0.3, 0.4) is 0 Å². The number of methoxy groups -OCH3 is 1. The lowest BCUT2D eigenvalue weighted by molar-refractivity contribution is 0.331. The van der Waals surface area contributed by atoms with E-state index in [9.17, 15) is 4.39 Å². The van der Waals surface area contributed by atoms with Crippen LogP contribution in [0.1, 0.15) is 5.56 Å². The second kappa shape index (κ2) is 5.52. The molecule has 21 heavy (non-hydrogen) atoms. The average Bonchev–Trinajstić information content (AvgIpc) is 2.69. The number of rotatable bonds is 2. The molecule has 110 valence electrons. The summed E-state index contributed by atoms with van der Waals surface area (Å²) in [6, 6.07) is 10.8. The molecule has 0 spiro atoms. The fourth-order valence-corrected chi connectivity index (χ4v) is 2.52. The molecule has 1 aliphatic heterocycles. The summed E-state index contributed by atoms with van der Waals surface area (Å²) < 4.78 is 24.4. The summed E-state index contributed by atoms with van der Waals surface area (Å²) in [5, 5.41) is 0. The van der Waals surface area contributed by atoms with Gasteiger partial charge in [0.15, 0.2) is 11.6 Å². The van der Waals surface area contributed by atoms with Gasteiger partial charge in [-0.15, -0.1) is 0 Å². The van der Waals surface area contributed by atoms with Gasteiger partial charge < -0.3 is 20.1 Å². The van der Waals surface area contributed by atoms with Crippen molar-refractivity contribution in [3.05, 3.63) is 47.8 Å². The number of hydrogen-bond donors (Lipinski definition) is 1. The molecule has 3 rings (SSSR count). The van der Waals surface area contributed by atoms with Crippen LogP contribution in [0.25, 0.3) is 0 Å². The van der Waals surface area contributed by atoms with Crippen LogP contribution in [0.15, 0.2) is 36.4 Å². The van der Waals surface area contributed by atoms with Crippen LogP contribution < -0.4 is 20.1 Å². The molecule has 0 saturated carbocycles. The Morgan fingerprint density at radius 3 is 2.90 bits per heavy atom. The molecule has 0 radical (unpaired) electrons. The number of ether oxygens (including phenoxy) is 2. The number of nitrogen functional groups attached to an aromatic ring is 1. The maximum absolute atomic E-state index is 13.7. The number of para-hydroxylation sites is 1. The van der Waals surface area contributed by atoms with Crippen LogP contribution in [-0.4, -0.2) is 20.3 Å². The van der Waals surface area contributed by atoms with E-state index in [2.05, 4.69) is 4.90 Å². The van der Waals surface area contributed by atoms with Crippen LogP contribution in [0, 0.1) is 5.82 Å². The third kappa shape index (κ3) is 2.59. The van der Waals surface area contributed by atoms with Gasteiger partial charge in [-0.3, -0.25) is 0 Å². The average molecular weight is 288 g/mol. The summed E-state index contributed by atoms with van der Waals surface area (Å²) in [6.07, 6.45) is 0. The van der Waals surface area contributed by atoms with Crippen molar-refractivity contribution in [1.29, 1.82) is 0 Å². The highest BCUT2D eigenvalue weighted by Crippen LogP contribution is 2.33. The highest BCUT2D eigenvalue weighted by atomic mass is 19.1. The van der Waals surface area contributed by atoms with E-state index < -0.39 is 5.82 Å². The van der Waals surface area contributed by atoms with Crippen molar-refractivity contribution in [3.63, 3.8) is 0 Å². The largest absolute Gasteiger partial charge is 0.494 e. The molecule has 4 nitrogen and oxygen atoms in total. The van der Waals surface area contributed by atoms with Crippen molar-refractivity contribution in [1.82, 2.24) is 0 Å². The quantitative estimate of drug-likeness (QED) is 0.863. The molecule has 0 aliphatic carbocycles. The van der Waals surface area contributed by atoms with Crippen LogP contribution in [0.4, 0.5) is 15.8 Å². The Kier molecular flexibility index (Phi) is 3.56. The minimum atomic E-state index is -0.453. The first-order valence-corrected chi connectivity index (χ1v) is 6.77. The Morgan fingerprint density at radius 2 is 2.10 bits per heavy atom. The third-order valence-electron chi connectivity index (χ3n) is 3.59. The Morgan fingerprint density at radius 1 is 1.29 bits per heavy atom. The van der Waals surface area contributed by atoms with Gasteiger partial charge in [0, 0.05) is 24.2 Å². The second-order valence-electron chi connectivity index (χ2n) is 4.92. The molecule has 1 aliphatic rings. The van der Waals surface area contributed by atoms with E-state index in [1.165, 1.54) is 13.2 Å². The molecule has 2 aromatic carbocycles. The van der Waals surface area contributed by atoms with Gasteiger partial charge in [0.05, 0.1) is 25.0 Å². The zero-order chi connectivity index (χ0) is 14.8. The summed E-state index contributed by atoms with van der Waals surface area (Å²) in [5.74, 6) is 0.621. The van der Waals surface area contributed by atoms with Crippen molar-refractivity contribution in [2.75, 3.05) is 30.9 Å². The minimum Gasteiger partial charge on any atom is -0.494 e. The standard InChI is InChI=1S/C16H17FN2O2/c1-20-16-9-14(13(18)8-12(16)17)19-6-7-21-15-5-3-2-4-11(15)10-19/h2-5,8-9H,6-7,10,18H2,1H3. The lowest BCUT2D eigenvalue weighted by Gasteiger charge is -2.24. The highest BCUT2D eigenvalue weighted by molar-refractivity contribution is 5.70. The lowest BCUT2D eigenvalue weighted by atomic mass is 10.1. The Hall–Kier alpha value is -2.43. The van der Waals surface area contributed by atoms with Gasteiger partial charge in [-0.1, -0.05) is 18.2 Å². The number of halogens is 1. The van der Waals surface area contributed by atoms with E-state index in [0.717, 1.165) is 17.0 Å². The summed E-state index contributed by atoms with van der Waals surface area (Å²) in [6.45, 7) is 1.89. The van der Waals surface area contributed by atoms with Crippen molar-refractivity contribution >= 4 is 11.4 Å². The zero-order valence-electron chi connectivity index (χ0n) is 11.8. The summed E-state index contributed by atoms with van der Waals surface area (Å²) >= 11 is 0. The Labute approximate surface area is 122 Å². The highest BCUT2D eigenvalue weighted by Gasteiger charge is 2.19. The molecule has 2 aromatic rings. The number of nitrogens with two attached hydrogens (primary N) is 1. The van der Waals surface area contributed by atoms with E-state index in [1.54, 1.807) is 6.07 Å². The van der Waals surface area contributed by atoms with E-state index >= 15 is 0 Å². The SMILES string of the molecule is COc1cc(N2CCOc3ccccc3C2)c(N)cc1F. The molecule has 1 heterocycles. The maximum Gasteiger partial charge on any atom is 0.167 e. The number of nitrogens with zero attached hydrogens (tertiary/aromatic N) is 1. The van der Waals surface area contributed by atoms with Crippen LogP contribution >= 0.6 is 0 Å². The van der Waals surface area contributed by atoms with Gasteiger partial charge in [0.1, 0.15) is 12.4 Å². The lowest BCUT2D eigenvalue weighted by Crippen LogP contribution is -2.26. The van der Waals surface area contributed by atoms with Gasteiger partial charge in [0.2, 0.25) is 0 Å². The maximum atomic E-state index is 13.7. The number of anilines is 2. The molecular weight excluding hydrogens is 271 g/mol. The van der Waals surface area contributed by atoms with E-state index in [0.29, 0.717) is 25.4 Å². The van der Waals surface area contributed by atoms with Crippen molar-refractivity contribution in [2.45, 2.75) is 6.54 Å². The molecule has 0 saturated heterocycles. The zero-order valence-corrected chi connectivity index (χ0v) is 11.8. The first kappa shape index (κ1) is 13.5. The van der Waals surface area contributed by atoms with Crippen molar-refractivity contribution < 1.29 is 13.9 Å². The molecule has 5 heteroatoms. The van der Waals surface area contributed by atoms with E-state index in [1.807, 2.05) is 24.3 Å². The molecule has 0 atom stereocenters. The molecule has 0 bridgehead atoms. The Bertz CT molecular complexity index is 661. The van der Waals surface area contributed by atoms with Crippen molar-refractivity contribution in [3.8, 4) is 11.5 Å². The minimum absolute atomic E-state index is 0.192. The monoisotopic (exact) mass is 288 g/mol. The normalized spacial score (nSPS) is 14.1. The van der Waals surface area contributed by atoms with Crippen LogP contribution in [0.5, 0.6) is 11.5 Å². The van der Waals surface area contributed by atoms with Gasteiger partial charge in [-0.25, -0.2) is 4.39 Å². The molecule has 0 aromatic heterocycles. The van der Waals surface area contributed by atoms with Crippen molar-refractivity contribution in [2.24, 2.45) is 0 Å². The predicted octanol–water partition coefficient (Wildman–Crippen LogP) is 2.82. The van der Waals surface area contributed by atoms with Gasteiger partial charge in [-0.2, -0.15) is 0 Å². The predicted molar refractivity (Wildman–Crippen MR) is 80.4 cm³/mol. The van der Waals surface area contributed by atoms with E-state index in [4.69, 9.17) is 15.2 Å². The molecule has 0 unspecified atom stereocenters. The van der Waals surface area contributed by atoms with Gasteiger partial charge >= 0.3 is 0 Å². The molecule has 0 amide bonds. The van der Waals surface area contributed by atoms with E-state index in [-0.39, 0.29) is 5.75 Å². The number of hydrogen-bond acceptors (Lipinski definition) is 4. The molecule has 2 N–H and O–H groups in total. The Balaban J connectivity index is 1.97. The molecule has 0 fully saturated rings. The summed E-state index contributed by atoms with van der Waals surface area (Å²) in [4.78, 5) is 2.07. The first-order valence-electron chi connectivity index (χ1n) is 6.77. The number of fused-ring (bicyclic) bond motifs is 1. The first-order chi connectivity index (χ1) is 10.2. The summed E-state index contributed by atoms with van der Waals surface area (Å²) in [7, 11) is 1.44. The topological polar surface area (TPSA) is 47.7 Å².